The van der Waals surface area contributed by atoms with Crippen molar-refractivity contribution < 1.29 is 19.0 Å². The van der Waals surface area contributed by atoms with E-state index in [4.69, 9.17) is 9.84 Å². The van der Waals surface area contributed by atoms with Crippen molar-refractivity contribution >= 4 is 5.91 Å². The predicted molar refractivity (Wildman–Crippen MR) is 76.6 cm³/mol. The molecule has 1 unspecified atom stereocenters. The van der Waals surface area contributed by atoms with Gasteiger partial charge in [0.2, 0.25) is 0 Å². The molecule has 0 spiro atoms. The van der Waals surface area contributed by atoms with Gasteiger partial charge in [-0.15, -0.1) is 0 Å². The third-order valence-corrected chi connectivity index (χ3v) is 3.56. The molecule has 1 aromatic rings. The highest BCUT2D eigenvalue weighted by Crippen LogP contribution is 2.15. The predicted octanol–water partition coefficient (Wildman–Crippen LogP) is 0.729. The van der Waals surface area contributed by atoms with Gasteiger partial charge in [-0.3, -0.25) is 9.69 Å². The highest BCUT2D eigenvalue weighted by Gasteiger charge is 2.25. The van der Waals surface area contributed by atoms with Crippen molar-refractivity contribution in [3.05, 3.63) is 30.1 Å². The standard InChI is InChI=1S/C15H21FN2O3/c1-12(21-14-4-2-3-13(16)11-14)15(20)18-7-5-17(6-8-18)9-10-19/h2-4,11-12,19H,5-10H2,1H3. The number of halogens is 1. The van der Waals surface area contributed by atoms with Gasteiger partial charge in [-0.2, -0.15) is 0 Å². The minimum absolute atomic E-state index is 0.0945. The summed E-state index contributed by atoms with van der Waals surface area (Å²) in [6.07, 6.45) is -0.642. The lowest BCUT2D eigenvalue weighted by Crippen LogP contribution is -2.52. The molecule has 6 heteroatoms. The number of carbonyl (C=O) groups is 1. The fourth-order valence-electron chi connectivity index (χ4n) is 2.39. The van der Waals surface area contributed by atoms with Crippen molar-refractivity contribution in [3.8, 4) is 5.75 Å². The molecular weight excluding hydrogens is 275 g/mol. The van der Waals surface area contributed by atoms with Crippen molar-refractivity contribution in [2.24, 2.45) is 0 Å². The molecule has 0 saturated carbocycles. The molecule has 0 aliphatic carbocycles. The van der Waals surface area contributed by atoms with Crippen LogP contribution < -0.4 is 4.74 Å². The summed E-state index contributed by atoms with van der Waals surface area (Å²) in [5, 5.41) is 8.90. The van der Waals surface area contributed by atoms with Crippen molar-refractivity contribution in [2.45, 2.75) is 13.0 Å². The molecule has 1 amide bonds. The number of piperazine rings is 1. The van der Waals surface area contributed by atoms with Crippen LogP contribution in [0.2, 0.25) is 0 Å². The van der Waals surface area contributed by atoms with Crippen LogP contribution in [0.1, 0.15) is 6.92 Å². The van der Waals surface area contributed by atoms with E-state index >= 15 is 0 Å². The Morgan fingerprint density at radius 3 is 2.71 bits per heavy atom. The van der Waals surface area contributed by atoms with E-state index in [2.05, 4.69) is 4.90 Å². The average molecular weight is 296 g/mol. The van der Waals surface area contributed by atoms with Gasteiger partial charge in [0.15, 0.2) is 6.10 Å². The Labute approximate surface area is 123 Å². The zero-order valence-corrected chi connectivity index (χ0v) is 12.2. The number of nitrogens with zero attached hydrogens (tertiary/aromatic N) is 2. The van der Waals surface area contributed by atoms with Crippen molar-refractivity contribution in [1.29, 1.82) is 0 Å². The highest BCUT2D eigenvalue weighted by molar-refractivity contribution is 5.81. The van der Waals surface area contributed by atoms with E-state index in [1.807, 2.05) is 0 Å². The molecule has 1 N–H and O–H groups in total. The number of β-amino-alcohol motifs (C(OH)–C–C–N with tert-alkyl or cyclic N) is 1. The van der Waals surface area contributed by atoms with Gasteiger partial charge in [0.1, 0.15) is 11.6 Å². The summed E-state index contributed by atoms with van der Waals surface area (Å²) in [6, 6.07) is 5.78. The zero-order valence-electron chi connectivity index (χ0n) is 12.2. The summed E-state index contributed by atoms with van der Waals surface area (Å²) in [5.41, 5.74) is 0. The number of rotatable bonds is 5. The third-order valence-electron chi connectivity index (χ3n) is 3.56. The maximum Gasteiger partial charge on any atom is 0.263 e. The summed E-state index contributed by atoms with van der Waals surface area (Å²) >= 11 is 0. The molecule has 1 aliphatic rings. The smallest absolute Gasteiger partial charge is 0.263 e. The van der Waals surface area contributed by atoms with Crippen molar-refractivity contribution in [1.82, 2.24) is 9.80 Å². The van der Waals surface area contributed by atoms with E-state index in [-0.39, 0.29) is 18.3 Å². The van der Waals surface area contributed by atoms with Crippen LogP contribution in [0.5, 0.6) is 5.75 Å². The van der Waals surface area contributed by atoms with E-state index in [0.717, 1.165) is 13.1 Å². The molecule has 5 nitrogen and oxygen atoms in total. The Morgan fingerprint density at radius 1 is 1.38 bits per heavy atom. The number of ether oxygens (including phenoxy) is 1. The van der Waals surface area contributed by atoms with Crippen LogP contribution in [-0.2, 0) is 4.79 Å². The van der Waals surface area contributed by atoms with Gasteiger partial charge < -0.3 is 14.7 Å². The topological polar surface area (TPSA) is 53.0 Å². The molecule has 21 heavy (non-hydrogen) atoms. The lowest BCUT2D eigenvalue weighted by atomic mass is 10.2. The lowest BCUT2D eigenvalue weighted by molar-refractivity contribution is -0.139. The van der Waals surface area contributed by atoms with Gasteiger partial charge in [-0.25, -0.2) is 4.39 Å². The van der Waals surface area contributed by atoms with Crippen LogP contribution in [0, 0.1) is 5.82 Å². The molecule has 0 radical (unpaired) electrons. The van der Waals surface area contributed by atoms with Gasteiger partial charge >= 0.3 is 0 Å². The maximum atomic E-state index is 13.1. The fourth-order valence-corrected chi connectivity index (χ4v) is 2.39. The molecule has 1 heterocycles. The van der Waals surface area contributed by atoms with E-state index in [0.29, 0.717) is 25.4 Å². The minimum atomic E-state index is -0.642. The first kappa shape index (κ1) is 15.7. The monoisotopic (exact) mass is 296 g/mol. The summed E-state index contributed by atoms with van der Waals surface area (Å²) in [6.45, 7) is 5.18. The van der Waals surface area contributed by atoms with Gasteiger partial charge in [-0.05, 0) is 19.1 Å². The normalized spacial score (nSPS) is 17.6. The molecule has 0 bridgehead atoms. The van der Waals surface area contributed by atoms with E-state index in [1.165, 1.54) is 12.1 Å². The number of aliphatic hydroxyl groups is 1. The number of hydrogen-bond donors (Lipinski definition) is 1. The molecular formula is C15H21FN2O3. The van der Waals surface area contributed by atoms with Crippen molar-refractivity contribution in [2.75, 3.05) is 39.3 Å². The Balaban J connectivity index is 1.85. The number of hydrogen-bond acceptors (Lipinski definition) is 4. The Morgan fingerprint density at radius 2 is 2.10 bits per heavy atom. The largest absolute Gasteiger partial charge is 0.481 e. The second-order valence-electron chi connectivity index (χ2n) is 5.11. The number of carbonyl (C=O) groups excluding carboxylic acids is 1. The Hall–Kier alpha value is -1.66. The number of amides is 1. The SMILES string of the molecule is CC(Oc1cccc(F)c1)C(=O)N1CCN(CCO)CC1. The average Bonchev–Trinajstić information content (AvgIpc) is 2.47. The molecule has 1 aromatic carbocycles. The fraction of sp³-hybridized carbons (Fsp3) is 0.533. The second-order valence-corrected chi connectivity index (χ2v) is 5.11. The van der Waals surface area contributed by atoms with E-state index < -0.39 is 6.10 Å². The summed E-state index contributed by atoms with van der Waals surface area (Å²) in [4.78, 5) is 16.2. The molecule has 1 saturated heterocycles. The van der Waals surface area contributed by atoms with Crippen LogP contribution in [0.3, 0.4) is 0 Å². The minimum Gasteiger partial charge on any atom is -0.481 e. The van der Waals surface area contributed by atoms with Gasteiger partial charge in [0.05, 0.1) is 6.61 Å². The first-order chi connectivity index (χ1) is 10.1. The first-order valence-corrected chi connectivity index (χ1v) is 7.14. The zero-order chi connectivity index (χ0) is 15.2. The summed E-state index contributed by atoms with van der Waals surface area (Å²) < 4.78 is 18.6. The Kier molecular flexibility index (Phi) is 5.52. The molecule has 116 valence electrons. The van der Waals surface area contributed by atoms with E-state index in [1.54, 1.807) is 24.0 Å². The van der Waals surface area contributed by atoms with Gasteiger partial charge in [0.25, 0.3) is 5.91 Å². The molecule has 1 atom stereocenters. The first-order valence-electron chi connectivity index (χ1n) is 7.14. The number of aliphatic hydroxyl groups excluding tert-OH is 1. The quantitative estimate of drug-likeness (QED) is 0.870. The maximum absolute atomic E-state index is 13.1. The van der Waals surface area contributed by atoms with Crippen LogP contribution in [-0.4, -0.2) is 66.2 Å². The molecule has 2 rings (SSSR count). The van der Waals surface area contributed by atoms with Crippen molar-refractivity contribution in [3.63, 3.8) is 0 Å². The summed E-state index contributed by atoms with van der Waals surface area (Å²) in [7, 11) is 0. The molecule has 1 aliphatic heterocycles. The summed E-state index contributed by atoms with van der Waals surface area (Å²) in [5.74, 6) is -0.123. The Bertz CT molecular complexity index is 476. The molecule has 0 aromatic heterocycles. The van der Waals surface area contributed by atoms with Gasteiger partial charge in [0, 0.05) is 38.8 Å². The highest BCUT2D eigenvalue weighted by atomic mass is 19.1. The van der Waals surface area contributed by atoms with Crippen LogP contribution >= 0.6 is 0 Å². The number of benzene rings is 1. The third kappa shape index (κ3) is 4.41. The molecule has 1 fully saturated rings. The van der Waals surface area contributed by atoms with Crippen LogP contribution in [0.15, 0.2) is 24.3 Å². The van der Waals surface area contributed by atoms with E-state index in [9.17, 15) is 9.18 Å². The van der Waals surface area contributed by atoms with Gasteiger partial charge in [-0.1, -0.05) is 6.07 Å². The van der Waals surface area contributed by atoms with Crippen LogP contribution in [0.4, 0.5) is 4.39 Å². The van der Waals surface area contributed by atoms with Crippen LogP contribution in [0.25, 0.3) is 0 Å². The lowest BCUT2D eigenvalue weighted by Gasteiger charge is -2.35. The second kappa shape index (κ2) is 7.38.